The van der Waals surface area contributed by atoms with Crippen molar-refractivity contribution in [2.45, 2.75) is 6.92 Å². The molecule has 2 aromatic rings. The minimum absolute atomic E-state index is 0.952. The average molecular weight is 157 g/mol. The van der Waals surface area contributed by atoms with E-state index in [0.29, 0.717) is 0 Å². The number of aromatic nitrogens is 2. The van der Waals surface area contributed by atoms with Gasteiger partial charge in [-0.2, -0.15) is 10.2 Å². The van der Waals surface area contributed by atoms with Gasteiger partial charge in [-0.05, 0) is 18.1 Å². The number of rotatable bonds is 1. The van der Waals surface area contributed by atoms with E-state index >= 15 is 0 Å². The van der Waals surface area contributed by atoms with E-state index in [1.165, 1.54) is 0 Å². The number of hydrogen-bond acceptors (Lipinski definition) is 2. The Labute approximate surface area is 71.3 Å². The van der Waals surface area contributed by atoms with Crippen molar-refractivity contribution in [3.63, 3.8) is 0 Å². The van der Waals surface area contributed by atoms with Gasteiger partial charge in [0.05, 0.1) is 11.7 Å². The number of nitrogens with zero attached hydrogens (tertiary/aromatic N) is 2. The summed E-state index contributed by atoms with van der Waals surface area (Å²) >= 11 is 0. The third-order valence-electron chi connectivity index (χ3n) is 1.89. The van der Waals surface area contributed by atoms with Crippen molar-refractivity contribution in [2.24, 2.45) is 0 Å². The van der Waals surface area contributed by atoms with Gasteiger partial charge in [0.25, 0.3) is 0 Å². The Balaban J connectivity index is 2.79. The summed E-state index contributed by atoms with van der Waals surface area (Å²) in [5.74, 6) is 0. The molecule has 2 nitrogen and oxygen atoms in total. The molecule has 0 aliphatic heterocycles. The standard InChI is InChI=1S/C10H9N2/c1-2-8-7-11-12-10-6-4-3-5-9(8)10/h2-7H,1H3. The summed E-state index contributed by atoms with van der Waals surface area (Å²) < 4.78 is 0. The van der Waals surface area contributed by atoms with Crippen LogP contribution in [0.1, 0.15) is 12.5 Å². The molecular formula is C10H9N2. The van der Waals surface area contributed by atoms with Crippen molar-refractivity contribution < 1.29 is 0 Å². The van der Waals surface area contributed by atoms with Gasteiger partial charge >= 0.3 is 0 Å². The van der Waals surface area contributed by atoms with Crippen molar-refractivity contribution in [3.05, 3.63) is 42.4 Å². The monoisotopic (exact) mass is 157 g/mol. The minimum Gasteiger partial charge on any atom is -0.158 e. The predicted molar refractivity (Wildman–Crippen MR) is 48.6 cm³/mol. The molecule has 12 heavy (non-hydrogen) atoms. The first-order valence-corrected chi connectivity index (χ1v) is 3.91. The van der Waals surface area contributed by atoms with Gasteiger partial charge in [-0.3, -0.25) is 0 Å². The van der Waals surface area contributed by atoms with Crippen LogP contribution in [0.5, 0.6) is 0 Å². The van der Waals surface area contributed by atoms with E-state index in [9.17, 15) is 0 Å². The first kappa shape index (κ1) is 7.22. The molecule has 0 spiro atoms. The van der Waals surface area contributed by atoms with Gasteiger partial charge in [0.2, 0.25) is 0 Å². The molecule has 0 aliphatic rings. The molecule has 1 radical (unpaired) electrons. The summed E-state index contributed by atoms with van der Waals surface area (Å²) in [5, 5.41) is 9.08. The largest absolute Gasteiger partial charge is 0.158 e. The smallest absolute Gasteiger partial charge is 0.0932 e. The summed E-state index contributed by atoms with van der Waals surface area (Å²) in [6.45, 7) is 2.00. The Bertz CT molecular complexity index is 390. The Morgan fingerprint density at radius 1 is 1.25 bits per heavy atom. The molecule has 0 saturated carbocycles. The first-order valence-electron chi connectivity index (χ1n) is 3.91. The molecule has 1 aromatic heterocycles. The van der Waals surface area contributed by atoms with Crippen LogP contribution < -0.4 is 0 Å². The van der Waals surface area contributed by atoms with Crippen molar-refractivity contribution in [3.8, 4) is 0 Å². The van der Waals surface area contributed by atoms with Gasteiger partial charge in [0.1, 0.15) is 0 Å². The van der Waals surface area contributed by atoms with Crippen molar-refractivity contribution in [2.75, 3.05) is 0 Å². The lowest BCUT2D eigenvalue weighted by atomic mass is 10.1. The highest BCUT2D eigenvalue weighted by atomic mass is 15.1. The van der Waals surface area contributed by atoms with Gasteiger partial charge in [-0.15, -0.1) is 0 Å². The average Bonchev–Trinajstić information content (AvgIpc) is 2.17. The van der Waals surface area contributed by atoms with Crippen LogP contribution in [-0.2, 0) is 0 Å². The van der Waals surface area contributed by atoms with E-state index in [1.54, 1.807) is 6.20 Å². The van der Waals surface area contributed by atoms with Crippen LogP contribution in [0, 0.1) is 6.42 Å². The second kappa shape index (κ2) is 2.89. The molecule has 0 atom stereocenters. The Hall–Kier alpha value is -1.44. The fourth-order valence-electron chi connectivity index (χ4n) is 1.26. The van der Waals surface area contributed by atoms with Gasteiger partial charge in [-0.25, -0.2) is 0 Å². The van der Waals surface area contributed by atoms with E-state index in [4.69, 9.17) is 0 Å². The maximum absolute atomic E-state index is 4.02. The minimum atomic E-state index is 0.952. The normalized spacial score (nSPS) is 10.4. The summed E-state index contributed by atoms with van der Waals surface area (Å²) in [6.07, 6.45) is 3.82. The number of benzene rings is 1. The highest BCUT2D eigenvalue weighted by Gasteiger charge is 1.98. The Morgan fingerprint density at radius 3 is 2.92 bits per heavy atom. The third-order valence-corrected chi connectivity index (χ3v) is 1.89. The lowest BCUT2D eigenvalue weighted by molar-refractivity contribution is 1.06. The molecular weight excluding hydrogens is 148 g/mol. The molecule has 0 unspecified atom stereocenters. The molecule has 1 aromatic carbocycles. The summed E-state index contributed by atoms with van der Waals surface area (Å²) in [5.41, 5.74) is 2.09. The molecule has 0 fully saturated rings. The van der Waals surface area contributed by atoms with E-state index in [1.807, 2.05) is 31.5 Å². The van der Waals surface area contributed by atoms with Gasteiger partial charge < -0.3 is 0 Å². The quantitative estimate of drug-likeness (QED) is 0.634. The van der Waals surface area contributed by atoms with Crippen molar-refractivity contribution >= 4 is 10.9 Å². The predicted octanol–water partition coefficient (Wildman–Crippen LogP) is 2.20. The topological polar surface area (TPSA) is 25.8 Å². The number of fused-ring (bicyclic) bond motifs is 1. The second-order valence-corrected chi connectivity index (χ2v) is 2.61. The molecule has 0 bridgehead atoms. The molecule has 59 valence electrons. The molecule has 0 N–H and O–H groups in total. The fourth-order valence-corrected chi connectivity index (χ4v) is 1.26. The van der Waals surface area contributed by atoms with Crippen molar-refractivity contribution in [1.82, 2.24) is 10.2 Å². The lowest BCUT2D eigenvalue weighted by Crippen LogP contribution is -1.87. The molecule has 2 rings (SSSR count). The Morgan fingerprint density at radius 2 is 2.08 bits per heavy atom. The molecule has 0 aliphatic carbocycles. The fraction of sp³-hybridized carbons (Fsp3) is 0.100. The third kappa shape index (κ3) is 1.05. The molecule has 0 amide bonds. The van der Waals surface area contributed by atoms with Crippen LogP contribution >= 0.6 is 0 Å². The second-order valence-electron chi connectivity index (χ2n) is 2.61. The van der Waals surface area contributed by atoms with E-state index in [2.05, 4.69) is 16.3 Å². The molecule has 0 saturated heterocycles. The Kier molecular flexibility index (Phi) is 1.74. The van der Waals surface area contributed by atoms with Crippen LogP contribution in [0.15, 0.2) is 30.5 Å². The SMILES string of the molecule is C[CH]c1cnnc2ccccc12. The summed E-state index contributed by atoms with van der Waals surface area (Å²) in [4.78, 5) is 0. The van der Waals surface area contributed by atoms with Gasteiger partial charge in [-0.1, -0.05) is 25.1 Å². The van der Waals surface area contributed by atoms with Crippen molar-refractivity contribution in [1.29, 1.82) is 0 Å². The van der Waals surface area contributed by atoms with Crippen LogP contribution in [0.25, 0.3) is 10.9 Å². The zero-order chi connectivity index (χ0) is 8.39. The maximum atomic E-state index is 4.02. The maximum Gasteiger partial charge on any atom is 0.0932 e. The van der Waals surface area contributed by atoms with E-state index in [0.717, 1.165) is 16.5 Å². The highest BCUT2D eigenvalue weighted by molar-refractivity contribution is 5.82. The summed E-state index contributed by atoms with van der Waals surface area (Å²) in [6, 6.07) is 8.00. The molecule has 2 heteroatoms. The van der Waals surface area contributed by atoms with Crippen LogP contribution in [0.4, 0.5) is 0 Å². The lowest BCUT2D eigenvalue weighted by Gasteiger charge is -1.99. The van der Waals surface area contributed by atoms with Crippen LogP contribution in [0.3, 0.4) is 0 Å². The molecule has 1 heterocycles. The van der Waals surface area contributed by atoms with Gasteiger partial charge in [0, 0.05) is 5.39 Å². The number of hydrogen-bond donors (Lipinski definition) is 0. The van der Waals surface area contributed by atoms with Gasteiger partial charge in [0.15, 0.2) is 0 Å². The first-order chi connectivity index (χ1) is 5.92. The highest BCUT2D eigenvalue weighted by Crippen LogP contribution is 2.15. The van der Waals surface area contributed by atoms with E-state index in [-0.39, 0.29) is 0 Å². The van der Waals surface area contributed by atoms with Crippen LogP contribution in [-0.4, -0.2) is 10.2 Å². The van der Waals surface area contributed by atoms with E-state index < -0.39 is 0 Å². The van der Waals surface area contributed by atoms with Crippen LogP contribution in [0.2, 0.25) is 0 Å². The zero-order valence-corrected chi connectivity index (χ0v) is 6.86. The zero-order valence-electron chi connectivity index (χ0n) is 6.86. The summed E-state index contributed by atoms with van der Waals surface area (Å²) in [7, 11) is 0.